The molecule has 0 spiro atoms. The molecule has 0 N–H and O–H groups in total. The monoisotopic (exact) mass is 868 g/mol. The summed E-state index contributed by atoms with van der Waals surface area (Å²) < 4.78 is 27.3. The molecule has 2 unspecified atom stereocenters. The minimum Gasteiger partial charge on any atom is -0.488 e. The molecule has 0 saturated heterocycles. The van der Waals surface area contributed by atoms with Crippen molar-refractivity contribution in [3.63, 3.8) is 0 Å². The fourth-order valence-corrected chi connectivity index (χ4v) is 6.90. The highest BCUT2D eigenvalue weighted by Gasteiger charge is 2.16. The summed E-state index contributed by atoms with van der Waals surface area (Å²) in [4.78, 5) is 0. The first-order valence-electron chi connectivity index (χ1n) is 11.4. The van der Waals surface area contributed by atoms with Crippen molar-refractivity contribution >= 4 is 95.6 Å². The van der Waals surface area contributed by atoms with Crippen LogP contribution in [0.5, 0.6) is 11.5 Å². The van der Waals surface area contributed by atoms with Crippen LogP contribution in [0.2, 0.25) is 0 Å². The van der Waals surface area contributed by atoms with E-state index in [9.17, 15) is 0 Å². The van der Waals surface area contributed by atoms with Crippen molar-refractivity contribution in [2.75, 3.05) is 37.1 Å². The maximum absolute atomic E-state index is 6.06. The number of rotatable bonds is 16. The van der Waals surface area contributed by atoms with Gasteiger partial charge in [0, 0.05) is 23.9 Å². The van der Waals surface area contributed by atoms with E-state index < -0.39 is 0 Å². The summed E-state index contributed by atoms with van der Waals surface area (Å²) in [5.41, 5.74) is 2.30. The Morgan fingerprint density at radius 3 is 1.26 bits per heavy atom. The molecular formula is C25H30Br6O4. The van der Waals surface area contributed by atoms with E-state index in [-0.39, 0.29) is 12.2 Å². The van der Waals surface area contributed by atoms with Gasteiger partial charge in [-0.1, -0.05) is 45.7 Å². The molecule has 35 heavy (non-hydrogen) atoms. The number of benzene rings is 2. The molecule has 0 aliphatic heterocycles. The third-order valence-corrected chi connectivity index (χ3v) is 8.61. The van der Waals surface area contributed by atoms with Crippen molar-refractivity contribution in [3.05, 3.63) is 53.3 Å². The van der Waals surface area contributed by atoms with E-state index in [1.807, 2.05) is 0 Å². The van der Waals surface area contributed by atoms with E-state index >= 15 is 0 Å². The van der Waals surface area contributed by atoms with Crippen LogP contribution in [0.3, 0.4) is 0 Å². The molecule has 196 valence electrons. The van der Waals surface area contributed by atoms with Crippen LogP contribution in [0, 0.1) is 0 Å². The fraction of sp³-hybridized carbons (Fsp3) is 0.520. The van der Waals surface area contributed by atoms with Crippen LogP contribution in [0.4, 0.5) is 0 Å². The maximum Gasteiger partial charge on any atom is 0.147 e. The number of halogens is 6. The van der Waals surface area contributed by atoms with Gasteiger partial charge in [0.15, 0.2) is 0 Å². The normalized spacial score (nSPS) is 13.0. The van der Waals surface area contributed by atoms with Crippen molar-refractivity contribution in [1.82, 2.24) is 0 Å². The smallest absolute Gasteiger partial charge is 0.147 e. The Morgan fingerprint density at radius 1 is 0.629 bits per heavy atom. The Hall–Kier alpha value is 0.840. The molecule has 0 radical (unpaired) electrons. The van der Waals surface area contributed by atoms with E-state index in [1.54, 1.807) is 0 Å². The maximum atomic E-state index is 6.06. The molecule has 2 aromatic carbocycles. The topological polar surface area (TPSA) is 36.9 Å². The SMILES string of the molecule is CCCOC(CBr)COc1c(Br)cc(Cc2cc(Br)c(OCC(CBr)OCCC)c(Br)c2)cc1Br. The highest BCUT2D eigenvalue weighted by molar-refractivity contribution is 9.11. The van der Waals surface area contributed by atoms with Crippen molar-refractivity contribution in [3.8, 4) is 11.5 Å². The van der Waals surface area contributed by atoms with Crippen LogP contribution in [-0.4, -0.2) is 49.3 Å². The van der Waals surface area contributed by atoms with E-state index in [0.29, 0.717) is 13.2 Å². The van der Waals surface area contributed by atoms with Gasteiger partial charge in [0.1, 0.15) is 36.9 Å². The standard InChI is InChI=1S/C25H30Br6O4/c1-3-5-32-18(12-26)14-34-24-20(28)8-16(9-21(24)29)7-17-10-22(30)25(23(31)11-17)35-15-19(13-27)33-6-4-2/h8-11,18-19H,3-7,12-15H2,1-2H3. The molecule has 0 aliphatic carbocycles. The molecule has 0 saturated carbocycles. The summed E-state index contributed by atoms with van der Waals surface area (Å²) in [5, 5.41) is 1.46. The Labute approximate surface area is 259 Å². The van der Waals surface area contributed by atoms with Gasteiger partial charge < -0.3 is 18.9 Å². The van der Waals surface area contributed by atoms with E-state index in [1.165, 1.54) is 0 Å². The lowest BCUT2D eigenvalue weighted by Gasteiger charge is -2.19. The molecule has 0 heterocycles. The van der Waals surface area contributed by atoms with Gasteiger partial charge in [-0.2, -0.15) is 0 Å². The first-order valence-corrected chi connectivity index (χ1v) is 16.8. The van der Waals surface area contributed by atoms with Crippen LogP contribution in [0.25, 0.3) is 0 Å². The quantitative estimate of drug-likeness (QED) is 0.158. The van der Waals surface area contributed by atoms with Gasteiger partial charge in [-0.15, -0.1) is 0 Å². The summed E-state index contributed by atoms with van der Waals surface area (Å²) in [6.45, 7) is 6.59. The third kappa shape index (κ3) is 10.9. The molecule has 0 aromatic heterocycles. The van der Waals surface area contributed by atoms with Gasteiger partial charge in [0.25, 0.3) is 0 Å². The Balaban J connectivity index is 2.07. The number of hydrogen-bond donors (Lipinski definition) is 0. The van der Waals surface area contributed by atoms with Crippen molar-refractivity contribution in [1.29, 1.82) is 0 Å². The molecule has 0 fully saturated rings. The molecular weight excluding hydrogens is 844 g/mol. The summed E-state index contributed by atoms with van der Waals surface area (Å²) in [6, 6.07) is 8.37. The molecule has 0 aliphatic rings. The van der Waals surface area contributed by atoms with E-state index in [4.69, 9.17) is 18.9 Å². The van der Waals surface area contributed by atoms with Crippen molar-refractivity contribution < 1.29 is 18.9 Å². The second-order valence-electron chi connectivity index (χ2n) is 7.87. The van der Waals surface area contributed by atoms with Gasteiger partial charge >= 0.3 is 0 Å². The van der Waals surface area contributed by atoms with Gasteiger partial charge in [-0.05, 0) is 118 Å². The highest BCUT2D eigenvalue weighted by atomic mass is 79.9. The summed E-state index contributed by atoms with van der Waals surface area (Å²) in [7, 11) is 0. The lowest BCUT2D eigenvalue weighted by atomic mass is 10.0. The second kappa shape index (κ2) is 17.4. The highest BCUT2D eigenvalue weighted by Crippen LogP contribution is 2.38. The van der Waals surface area contributed by atoms with Gasteiger partial charge in [-0.25, -0.2) is 0 Å². The molecule has 2 atom stereocenters. The number of hydrogen-bond acceptors (Lipinski definition) is 4. The molecule has 0 bridgehead atoms. The van der Waals surface area contributed by atoms with E-state index in [2.05, 4.69) is 134 Å². The number of ether oxygens (including phenoxy) is 4. The number of alkyl halides is 2. The summed E-state index contributed by atoms with van der Waals surface area (Å²) in [6.07, 6.45) is 2.73. The molecule has 2 rings (SSSR count). The zero-order valence-corrected chi connectivity index (χ0v) is 29.2. The average Bonchev–Trinajstić information content (AvgIpc) is 2.81. The van der Waals surface area contributed by atoms with Gasteiger partial charge in [-0.3, -0.25) is 0 Å². The van der Waals surface area contributed by atoms with Crippen LogP contribution >= 0.6 is 95.6 Å². The predicted molar refractivity (Wildman–Crippen MR) is 165 cm³/mol. The summed E-state index contributed by atoms with van der Waals surface area (Å²) in [5.74, 6) is 1.55. The van der Waals surface area contributed by atoms with Crippen molar-refractivity contribution in [2.24, 2.45) is 0 Å². The second-order valence-corrected chi connectivity index (χ2v) is 12.6. The van der Waals surface area contributed by atoms with Crippen LogP contribution in [-0.2, 0) is 15.9 Å². The van der Waals surface area contributed by atoms with Gasteiger partial charge in [0.2, 0.25) is 0 Å². The minimum absolute atomic E-state index is 0.00636. The molecule has 2 aromatic rings. The minimum atomic E-state index is 0.00636. The summed E-state index contributed by atoms with van der Waals surface area (Å²) >= 11 is 21.7. The lowest BCUT2D eigenvalue weighted by Crippen LogP contribution is -2.24. The van der Waals surface area contributed by atoms with Crippen molar-refractivity contribution in [2.45, 2.75) is 45.3 Å². The largest absolute Gasteiger partial charge is 0.488 e. The molecule has 4 nitrogen and oxygen atoms in total. The van der Waals surface area contributed by atoms with E-state index in [0.717, 1.165) is 83.7 Å². The fourth-order valence-electron chi connectivity index (χ4n) is 3.14. The zero-order chi connectivity index (χ0) is 25.8. The Kier molecular flexibility index (Phi) is 16.0. The first kappa shape index (κ1) is 32.1. The van der Waals surface area contributed by atoms with Crippen LogP contribution < -0.4 is 9.47 Å². The Morgan fingerprint density at radius 2 is 0.971 bits per heavy atom. The first-order chi connectivity index (χ1) is 16.8. The average molecular weight is 874 g/mol. The third-order valence-electron chi connectivity index (χ3n) is 4.81. The molecule has 10 heteroatoms. The lowest BCUT2D eigenvalue weighted by molar-refractivity contribution is 0.0360. The van der Waals surface area contributed by atoms with Gasteiger partial charge in [0.05, 0.1) is 17.9 Å². The Bertz CT molecular complexity index is 807. The zero-order valence-electron chi connectivity index (χ0n) is 19.7. The van der Waals surface area contributed by atoms with Crippen LogP contribution in [0.15, 0.2) is 42.2 Å². The predicted octanol–water partition coefficient (Wildman–Crippen LogP) is 9.47. The molecule has 0 amide bonds. The van der Waals surface area contributed by atoms with Crippen LogP contribution in [0.1, 0.15) is 37.8 Å².